The lowest BCUT2D eigenvalue weighted by Crippen LogP contribution is -2.08. The molecule has 0 aliphatic rings. The first-order chi connectivity index (χ1) is 6.66. The second kappa shape index (κ2) is 4.58. The summed E-state index contributed by atoms with van der Waals surface area (Å²) >= 11 is 0. The topological polar surface area (TPSA) is 29.4 Å². The van der Waals surface area contributed by atoms with Gasteiger partial charge in [-0.2, -0.15) is 4.99 Å². The molecule has 14 heavy (non-hydrogen) atoms. The van der Waals surface area contributed by atoms with E-state index < -0.39 is 18.3 Å². The van der Waals surface area contributed by atoms with Crippen molar-refractivity contribution in [2.75, 3.05) is 0 Å². The third kappa shape index (κ3) is 2.20. The molecule has 5 heteroatoms. The Morgan fingerprint density at radius 3 is 2.43 bits per heavy atom. The molecule has 0 saturated heterocycles. The van der Waals surface area contributed by atoms with Crippen LogP contribution in [0, 0.1) is 5.82 Å². The summed E-state index contributed by atoms with van der Waals surface area (Å²) < 4.78 is 37.6. The zero-order chi connectivity index (χ0) is 10.6. The van der Waals surface area contributed by atoms with E-state index in [4.69, 9.17) is 0 Å². The fourth-order valence-corrected chi connectivity index (χ4v) is 1.03. The molecule has 0 saturated carbocycles. The number of benzene rings is 1. The minimum atomic E-state index is -2.92. The second-order valence-electron chi connectivity index (χ2n) is 2.52. The second-order valence-corrected chi connectivity index (χ2v) is 2.52. The van der Waals surface area contributed by atoms with Crippen LogP contribution in [0.1, 0.15) is 11.6 Å². The Bertz CT molecular complexity index is 361. The monoisotopic (exact) mass is 201 g/mol. The van der Waals surface area contributed by atoms with E-state index in [1.165, 1.54) is 12.1 Å². The number of nitrogens with zero attached hydrogens (tertiary/aromatic N) is 1. The van der Waals surface area contributed by atoms with Crippen LogP contribution in [0.15, 0.2) is 29.3 Å². The number of carbonyl (C=O) groups excluding carboxylic acids is 1. The van der Waals surface area contributed by atoms with Gasteiger partial charge in [-0.15, -0.1) is 0 Å². The molecule has 0 fully saturated rings. The highest BCUT2D eigenvalue weighted by molar-refractivity contribution is 5.36. The van der Waals surface area contributed by atoms with Crippen molar-refractivity contribution in [2.24, 2.45) is 4.99 Å². The summed E-state index contributed by atoms with van der Waals surface area (Å²) in [5.74, 6) is -0.809. The van der Waals surface area contributed by atoms with Gasteiger partial charge < -0.3 is 0 Å². The minimum Gasteiger partial charge on any atom is -0.211 e. The highest BCUT2D eigenvalue weighted by Crippen LogP contribution is 2.26. The Morgan fingerprint density at radius 1 is 1.29 bits per heavy atom. The molecule has 1 atom stereocenters. The van der Waals surface area contributed by atoms with Gasteiger partial charge in [0, 0.05) is 5.56 Å². The number of isocyanates is 1. The van der Waals surface area contributed by atoms with Gasteiger partial charge >= 0.3 is 0 Å². The molecule has 1 rings (SSSR count). The van der Waals surface area contributed by atoms with Crippen molar-refractivity contribution in [3.63, 3.8) is 0 Å². The molecular formula is C9H6F3NO. The van der Waals surface area contributed by atoms with E-state index in [0.717, 1.165) is 18.2 Å². The van der Waals surface area contributed by atoms with Gasteiger partial charge in [-0.05, 0) is 6.07 Å². The molecule has 0 heterocycles. The van der Waals surface area contributed by atoms with Crippen molar-refractivity contribution in [2.45, 2.75) is 12.5 Å². The quantitative estimate of drug-likeness (QED) is 0.545. The Kier molecular flexibility index (Phi) is 3.42. The van der Waals surface area contributed by atoms with E-state index in [2.05, 4.69) is 4.99 Å². The maximum atomic E-state index is 13.0. The van der Waals surface area contributed by atoms with Gasteiger partial charge in [-0.1, -0.05) is 18.2 Å². The highest BCUT2D eigenvalue weighted by Gasteiger charge is 2.24. The first kappa shape index (κ1) is 10.5. The first-order valence-electron chi connectivity index (χ1n) is 3.76. The summed E-state index contributed by atoms with van der Waals surface area (Å²) in [6, 6.07) is 3.19. The van der Waals surface area contributed by atoms with Crippen molar-refractivity contribution < 1.29 is 18.0 Å². The molecule has 0 N–H and O–H groups in total. The lowest BCUT2D eigenvalue weighted by Gasteiger charge is -2.09. The van der Waals surface area contributed by atoms with Gasteiger partial charge in [-0.25, -0.2) is 18.0 Å². The fourth-order valence-electron chi connectivity index (χ4n) is 1.03. The van der Waals surface area contributed by atoms with Crippen LogP contribution in [0.4, 0.5) is 13.2 Å². The average molecular weight is 201 g/mol. The molecule has 0 aromatic heterocycles. The van der Waals surface area contributed by atoms with Gasteiger partial charge in [0.25, 0.3) is 6.43 Å². The molecular weight excluding hydrogens is 195 g/mol. The van der Waals surface area contributed by atoms with Crippen molar-refractivity contribution in [1.29, 1.82) is 0 Å². The SMILES string of the molecule is O=C=NC(c1ccccc1F)C(F)F. The van der Waals surface area contributed by atoms with Crippen molar-refractivity contribution in [1.82, 2.24) is 0 Å². The maximum absolute atomic E-state index is 13.0. The molecule has 0 bridgehead atoms. The van der Waals surface area contributed by atoms with Crippen molar-refractivity contribution >= 4 is 6.08 Å². The Hall–Kier alpha value is -1.61. The molecule has 1 aromatic carbocycles. The Balaban J connectivity index is 3.11. The van der Waals surface area contributed by atoms with Crippen LogP contribution < -0.4 is 0 Å². The Morgan fingerprint density at radius 2 is 1.93 bits per heavy atom. The van der Waals surface area contributed by atoms with Gasteiger partial charge in [0.2, 0.25) is 6.08 Å². The molecule has 0 radical (unpaired) electrons. The standard InChI is InChI=1S/C9H6F3NO/c10-7-4-2-1-3-6(7)8(9(11)12)13-5-14/h1-4,8-9H. The zero-order valence-corrected chi connectivity index (χ0v) is 6.95. The smallest absolute Gasteiger partial charge is 0.211 e. The molecule has 74 valence electrons. The molecule has 0 aliphatic carbocycles. The third-order valence-electron chi connectivity index (χ3n) is 1.65. The third-order valence-corrected chi connectivity index (χ3v) is 1.65. The number of alkyl halides is 2. The number of aliphatic imine (C=N–C) groups is 1. The van der Waals surface area contributed by atoms with E-state index in [0.29, 0.717) is 0 Å². The summed E-state index contributed by atoms with van der Waals surface area (Å²) in [5, 5.41) is 0. The van der Waals surface area contributed by atoms with Gasteiger partial charge in [0.15, 0.2) is 6.04 Å². The van der Waals surface area contributed by atoms with Gasteiger partial charge in [-0.3, -0.25) is 0 Å². The highest BCUT2D eigenvalue weighted by atomic mass is 19.3. The first-order valence-corrected chi connectivity index (χ1v) is 3.76. The van der Waals surface area contributed by atoms with Crippen LogP contribution in [0.3, 0.4) is 0 Å². The van der Waals surface area contributed by atoms with Crippen molar-refractivity contribution in [3.05, 3.63) is 35.6 Å². The number of hydrogen-bond donors (Lipinski definition) is 0. The Labute approximate surface area is 78.1 Å². The molecule has 2 nitrogen and oxygen atoms in total. The predicted molar refractivity (Wildman–Crippen MR) is 43.3 cm³/mol. The summed E-state index contributed by atoms with van der Waals surface area (Å²) in [7, 11) is 0. The lowest BCUT2D eigenvalue weighted by atomic mass is 10.1. The normalized spacial score (nSPS) is 12.3. The molecule has 1 unspecified atom stereocenters. The molecule has 0 amide bonds. The van der Waals surface area contributed by atoms with E-state index in [-0.39, 0.29) is 5.56 Å². The van der Waals surface area contributed by atoms with Gasteiger partial charge in [0.05, 0.1) is 0 Å². The van der Waals surface area contributed by atoms with Crippen LogP contribution in [-0.4, -0.2) is 12.5 Å². The van der Waals surface area contributed by atoms with E-state index in [1.807, 2.05) is 0 Å². The fraction of sp³-hybridized carbons (Fsp3) is 0.222. The van der Waals surface area contributed by atoms with Gasteiger partial charge in [0.1, 0.15) is 5.82 Å². The van der Waals surface area contributed by atoms with Crippen LogP contribution in [0.2, 0.25) is 0 Å². The zero-order valence-electron chi connectivity index (χ0n) is 6.95. The molecule has 0 spiro atoms. The van der Waals surface area contributed by atoms with E-state index >= 15 is 0 Å². The number of rotatable bonds is 3. The minimum absolute atomic E-state index is 0.300. The van der Waals surface area contributed by atoms with Crippen LogP contribution in [0.5, 0.6) is 0 Å². The summed E-state index contributed by atoms with van der Waals surface area (Å²) in [5.41, 5.74) is -0.300. The molecule has 0 aliphatic heterocycles. The average Bonchev–Trinajstić information content (AvgIpc) is 2.15. The van der Waals surface area contributed by atoms with Crippen LogP contribution in [0.25, 0.3) is 0 Å². The van der Waals surface area contributed by atoms with E-state index in [9.17, 15) is 18.0 Å². The predicted octanol–water partition coefficient (Wildman–Crippen LogP) is 2.47. The maximum Gasteiger partial charge on any atom is 0.265 e. The summed E-state index contributed by atoms with van der Waals surface area (Å²) in [6.45, 7) is 0. The largest absolute Gasteiger partial charge is 0.265 e. The lowest BCUT2D eigenvalue weighted by molar-refractivity contribution is 0.115. The van der Waals surface area contributed by atoms with Crippen molar-refractivity contribution in [3.8, 4) is 0 Å². The van der Waals surface area contributed by atoms with Crippen LogP contribution >= 0.6 is 0 Å². The number of hydrogen-bond acceptors (Lipinski definition) is 2. The van der Waals surface area contributed by atoms with Crippen LogP contribution in [-0.2, 0) is 4.79 Å². The molecule has 1 aromatic rings. The summed E-state index contributed by atoms with van der Waals surface area (Å²) in [6.07, 6.45) is -1.92. The van der Waals surface area contributed by atoms with E-state index in [1.54, 1.807) is 0 Å². The number of halogens is 3. The summed E-state index contributed by atoms with van der Waals surface area (Å²) in [4.78, 5) is 12.7.